The molecule has 0 unspecified atom stereocenters. The van der Waals surface area contributed by atoms with Gasteiger partial charge in [0.05, 0.1) is 0 Å². The number of aromatic nitrogens is 3. The zero-order chi connectivity index (χ0) is 9.97. The SMILES string of the molecule is O=c1cnn([C@H]2CCCCO2)c(=O)[nH]1. The lowest BCUT2D eigenvalue weighted by Crippen LogP contribution is -2.36. The van der Waals surface area contributed by atoms with E-state index in [1.807, 2.05) is 0 Å². The number of rotatable bonds is 1. The Morgan fingerprint density at radius 3 is 3.00 bits per heavy atom. The molecule has 2 rings (SSSR count). The van der Waals surface area contributed by atoms with Crippen molar-refractivity contribution in [3.8, 4) is 0 Å². The number of ether oxygens (including phenoxy) is 1. The summed E-state index contributed by atoms with van der Waals surface area (Å²) in [6.45, 7) is 0.637. The van der Waals surface area contributed by atoms with Crippen molar-refractivity contribution in [3.63, 3.8) is 0 Å². The summed E-state index contributed by atoms with van der Waals surface area (Å²) in [5.41, 5.74) is -0.994. The van der Waals surface area contributed by atoms with Gasteiger partial charge in [-0.15, -0.1) is 0 Å². The van der Waals surface area contributed by atoms with Gasteiger partial charge in [0, 0.05) is 6.61 Å². The lowest BCUT2D eigenvalue weighted by Gasteiger charge is -2.22. The van der Waals surface area contributed by atoms with Crippen LogP contribution >= 0.6 is 0 Å². The van der Waals surface area contributed by atoms with Gasteiger partial charge in [-0.05, 0) is 19.3 Å². The largest absolute Gasteiger partial charge is 0.356 e. The fourth-order valence-corrected chi connectivity index (χ4v) is 1.48. The lowest BCUT2D eigenvalue weighted by molar-refractivity contribution is -0.0435. The Hall–Kier alpha value is -1.43. The molecule has 0 bridgehead atoms. The Labute approximate surface area is 79.5 Å². The van der Waals surface area contributed by atoms with Gasteiger partial charge in [0.15, 0.2) is 6.23 Å². The molecule has 0 aromatic carbocycles. The number of hydrogen-bond acceptors (Lipinski definition) is 4. The predicted molar refractivity (Wildman–Crippen MR) is 48.0 cm³/mol. The van der Waals surface area contributed by atoms with Crippen LogP contribution in [0.1, 0.15) is 25.5 Å². The first-order valence-corrected chi connectivity index (χ1v) is 4.57. The minimum Gasteiger partial charge on any atom is -0.356 e. The predicted octanol–water partition coefficient (Wildman–Crippen LogP) is -0.369. The van der Waals surface area contributed by atoms with E-state index in [1.165, 1.54) is 4.68 Å². The first-order valence-electron chi connectivity index (χ1n) is 4.57. The topological polar surface area (TPSA) is 77.0 Å². The second-order valence-electron chi connectivity index (χ2n) is 3.20. The maximum Gasteiger partial charge on any atom is 0.347 e. The molecule has 0 aliphatic carbocycles. The number of nitrogens with zero attached hydrogens (tertiary/aromatic N) is 2. The van der Waals surface area contributed by atoms with Crippen LogP contribution < -0.4 is 11.2 Å². The van der Waals surface area contributed by atoms with Crippen LogP contribution in [-0.2, 0) is 4.74 Å². The van der Waals surface area contributed by atoms with Crippen molar-refractivity contribution in [1.82, 2.24) is 14.8 Å². The molecule has 1 aromatic heterocycles. The smallest absolute Gasteiger partial charge is 0.347 e. The van der Waals surface area contributed by atoms with E-state index in [9.17, 15) is 9.59 Å². The Morgan fingerprint density at radius 2 is 2.36 bits per heavy atom. The first kappa shape index (κ1) is 9.14. The fraction of sp³-hybridized carbons (Fsp3) is 0.625. The van der Waals surface area contributed by atoms with Crippen LogP contribution in [0.2, 0.25) is 0 Å². The van der Waals surface area contributed by atoms with Gasteiger partial charge in [-0.3, -0.25) is 9.78 Å². The zero-order valence-electron chi connectivity index (χ0n) is 7.60. The van der Waals surface area contributed by atoms with E-state index in [4.69, 9.17) is 4.74 Å². The molecular formula is C8H11N3O3. The van der Waals surface area contributed by atoms with Crippen molar-refractivity contribution in [2.75, 3.05) is 6.61 Å². The molecule has 0 radical (unpaired) electrons. The fourth-order valence-electron chi connectivity index (χ4n) is 1.48. The molecule has 0 amide bonds. The monoisotopic (exact) mass is 197 g/mol. The summed E-state index contributed by atoms with van der Waals surface area (Å²) in [5.74, 6) is 0. The summed E-state index contributed by atoms with van der Waals surface area (Å²) in [6, 6.07) is 0. The molecule has 6 nitrogen and oxygen atoms in total. The van der Waals surface area contributed by atoms with Gasteiger partial charge in [0.2, 0.25) is 0 Å². The highest BCUT2D eigenvalue weighted by atomic mass is 16.5. The molecular weight excluding hydrogens is 186 g/mol. The molecule has 2 heterocycles. The van der Waals surface area contributed by atoms with Gasteiger partial charge in [-0.25, -0.2) is 4.79 Å². The Morgan fingerprint density at radius 1 is 1.50 bits per heavy atom. The Balaban J connectivity index is 2.31. The number of hydrogen-bond donors (Lipinski definition) is 1. The molecule has 1 fully saturated rings. The summed E-state index contributed by atoms with van der Waals surface area (Å²) in [5, 5.41) is 3.74. The van der Waals surface area contributed by atoms with E-state index >= 15 is 0 Å². The molecule has 76 valence electrons. The molecule has 0 saturated carbocycles. The second kappa shape index (κ2) is 3.75. The van der Waals surface area contributed by atoms with Crippen LogP contribution in [-0.4, -0.2) is 21.4 Å². The molecule has 1 N–H and O–H groups in total. The van der Waals surface area contributed by atoms with Gasteiger partial charge in [-0.1, -0.05) is 0 Å². The maximum atomic E-state index is 11.3. The highest BCUT2D eigenvalue weighted by Crippen LogP contribution is 2.19. The normalized spacial score (nSPS) is 22.1. The van der Waals surface area contributed by atoms with E-state index in [-0.39, 0.29) is 6.23 Å². The van der Waals surface area contributed by atoms with Crippen molar-refractivity contribution < 1.29 is 4.74 Å². The molecule has 14 heavy (non-hydrogen) atoms. The molecule has 1 atom stereocenters. The highest BCUT2D eigenvalue weighted by Gasteiger charge is 2.17. The summed E-state index contributed by atoms with van der Waals surface area (Å²) in [7, 11) is 0. The first-order chi connectivity index (χ1) is 6.77. The molecule has 0 spiro atoms. The minimum absolute atomic E-state index is 0.326. The third-order valence-corrected chi connectivity index (χ3v) is 2.17. The van der Waals surface area contributed by atoms with Crippen molar-refractivity contribution in [1.29, 1.82) is 0 Å². The van der Waals surface area contributed by atoms with E-state index in [0.717, 1.165) is 25.5 Å². The Kier molecular flexibility index (Phi) is 2.45. The third-order valence-electron chi connectivity index (χ3n) is 2.17. The van der Waals surface area contributed by atoms with Gasteiger partial charge in [-0.2, -0.15) is 9.78 Å². The minimum atomic E-state index is -0.510. The lowest BCUT2D eigenvalue weighted by atomic mass is 10.2. The van der Waals surface area contributed by atoms with Crippen molar-refractivity contribution in [2.24, 2.45) is 0 Å². The van der Waals surface area contributed by atoms with Crippen molar-refractivity contribution in [3.05, 3.63) is 27.0 Å². The van der Waals surface area contributed by atoms with Crippen molar-refractivity contribution >= 4 is 0 Å². The van der Waals surface area contributed by atoms with Crippen molar-refractivity contribution in [2.45, 2.75) is 25.5 Å². The van der Waals surface area contributed by atoms with Crippen LogP contribution in [0, 0.1) is 0 Å². The molecule has 1 saturated heterocycles. The number of aromatic amines is 1. The number of nitrogens with one attached hydrogen (secondary N) is 1. The van der Waals surface area contributed by atoms with Gasteiger partial charge >= 0.3 is 5.69 Å². The van der Waals surface area contributed by atoms with Crippen LogP contribution in [0.15, 0.2) is 15.8 Å². The van der Waals surface area contributed by atoms with Gasteiger partial charge < -0.3 is 4.74 Å². The van der Waals surface area contributed by atoms with Gasteiger partial charge in [0.25, 0.3) is 5.56 Å². The third kappa shape index (κ3) is 1.74. The average Bonchev–Trinajstić information content (AvgIpc) is 2.19. The molecule has 1 aliphatic rings. The highest BCUT2D eigenvalue weighted by molar-refractivity contribution is 4.72. The van der Waals surface area contributed by atoms with E-state index in [2.05, 4.69) is 10.1 Å². The maximum absolute atomic E-state index is 11.3. The number of H-pyrrole nitrogens is 1. The zero-order valence-corrected chi connectivity index (χ0v) is 7.60. The van der Waals surface area contributed by atoms with Crippen LogP contribution in [0.4, 0.5) is 0 Å². The standard InChI is InChI=1S/C8H11N3O3/c12-6-5-9-11(8(13)10-6)7-3-1-2-4-14-7/h5,7H,1-4H2,(H,10,12,13)/t7-/m1/s1. The van der Waals surface area contributed by atoms with E-state index < -0.39 is 11.2 Å². The quantitative estimate of drug-likeness (QED) is 0.666. The summed E-state index contributed by atoms with van der Waals surface area (Å²) >= 11 is 0. The Bertz CT molecular complexity index is 416. The average molecular weight is 197 g/mol. The summed E-state index contributed by atoms with van der Waals surface area (Å²) in [6.07, 6.45) is 3.54. The van der Waals surface area contributed by atoms with Crippen LogP contribution in [0.25, 0.3) is 0 Å². The molecule has 6 heteroatoms. The van der Waals surface area contributed by atoms with E-state index in [1.54, 1.807) is 0 Å². The second-order valence-corrected chi connectivity index (χ2v) is 3.20. The van der Waals surface area contributed by atoms with Gasteiger partial charge in [0.1, 0.15) is 6.20 Å². The van der Waals surface area contributed by atoms with E-state index in [0.29, 0.717) is 6.61 Å². The molecule has 1 aliphatic heterocycles. The van der Waals surface area contributed by atoms with Crippen LogP contribution in [0.5, 0.6) is 0 Å². The summed E-state index contributed by atoms with van der Waals surface area (Å²) < 4.78 is 6.54. The summed E-state index contributed by atoms with van der Waals surface area (Å²) in [4.78, 5) is 24.2. The molecule has 1 aromatic rings. The van der Waals surface area contributed by atoms with Crippen LogP contribution in [0.3, 0.4) is 0 Å².